The zero-order valence-corrected chi connectivity index (χ0v) is 16.5. The molecule has 4 rings (SSSR count). The predicted molar refractivity (Wildman–Crippen MR) is 105 cm³/mol. The summed E-state index contributed by atoms with van der Waals surface area (Å²) in [5, 5.41) is 17.4. The molecule has 2 aliphatic rings. The SMILES string of the molecule is O=C(Nc1cc(F)cc(F)c1)N1CC2CNCC(C1)C2(O)c1ccc(Br)cc1. The van der Waals surface area contributed by atoms with Gasteiger partial charge in [-0.1, -0.05) is 28.1 Å². The molecule has 2 aromatic rings. The van der Waals surface area contributed by atoms with Crippen LogP contribution in [0.4, 0.5) is 19.3 Å². The zero-order valence-electron chi connectivity index (χ0n) is 15.0. The number of halogens is 3. The van der Waals surface area contributed by atoms with E-state index in [0.717, 1.165) is 28.2 Å². The normalized spacial score (nSPS) is 26.8. The van der Waals surface area contributed by atoms with Crippen molar-refractivity contribution in [2.45, 2.75) is 5.60 Å². The minimum Gasteiger partial charge on any atom is -0.384 e. The number of anilines is 1. The summed E-state index contributed by atoms with van der Waals surface area (Å²) in [4.78, 5) is 14.3. The molecular weight excluding hydrogens is 432 g/mol. The minimum absolute atomic E-state index is 0.0690. The zero-order chi connectivity index (χ0) is 19.9. The van der Waals surface area contributed by atoms with Crippen molar-refractivity contribution in [1.82, 2.24) is 10.2 Å². The van der Waals surface area contributed by atoms with E-state index in [9.17, 15) is 18.7 Å². The Morgan fingerprint density at radius 3 is 2.25 bits per heavy atom. The Bertz CT molecular complexity index is 859. The van der Waals surface area contributed by atoms with Crippen LogP contribution in [0.5, 0.6) is 0 Å². The van der Waals surface area contributed by atoms with Crippen molar-refractivity contribution in [3.63, 3.8) is 0 Å². The van der Waals surface area contributed by atoms with Crippen LogP contribution in [0.15, 0.2) is 46.9 Å². The highest BCUT2D eigenvalue weighted by Gasteiger charge is 2.52. The summed E-state index contributed by atoms with van der Waals surface area (Å²) in [7, 11) is 0. The number of nitrogens with one attached hydrogen (secondary N) is 2. The first-order valence-electron chi connectivity index (χ1n) is 9.07. The number of amides is 2. The second-order valence-electron chi connectivity index (χ2n) is 7.38. The molecule has 2 fully saturated rings. The summed E-state index contributed by atoms with van der Waals surface area (Å²) in [5.41, 5.74) is -0.132. The van der Waals surface area contributed by atoms with Gasteiger partial charge in [-0.25, -0.2) is 13.6 Å². The molecule has 2 bridgehead atoms. The maximum absolute atomic E-state index is 13.4. The Balaban J connectivity index is 1.54. The van der Waals surface area contributed by atoms with Gasteiger partial charge in [0.1, 0.15) is 17.2 Å². The van der Waals surface area contributed by atoms with Crippen molar-refractivity contribution in [1.29, 1.82) is 0 Å². The van der Waals surface area contributed by atoms with Crippen molar-refractivity contribution in [3.8, 4) is 0 Å². The molecule has 2 aliphatic heterocycles. The fourth-order valence-electron chi connectivity index (χ4n) is 4.27. The number of aliphatic hydroxyl groups is 1. The van der Waals surface area contributed by atoms with Crippen LogP contribution in [0.2, 0.25) is 0 Å². The van der Waals surface area contributed by atoms with Crippen molar-refractivity contribution in [2.24, 2.45) is 11.8 Å². The van der Waals surface area contributed by atoms with Gasteiger partial charge in [-0.2, -0.15) is 0 Å². The van der Waals surface area contributed by atoms with Crippen LogP contribution >= 0.6 is 15.9 Å². The third-order valence-electron chi connectivity index (χ3n) is 5.62. The van der Waals surface area contributed by atoms with Crippen LogP contribution in [0.1, 0.15) is 5.56 Å². The fraction of sp³-hybridized carbons (Fsp3) is 0.350. The summed E-state index contributed by atoms with van der Waals surface area (Å²) >= 11 is 3.41. The number of nitrogens with zero attached hydrogens (tertiary/aromatic N) is 1. The van der Waals surface area contributed by atoms with E-state index in [2.05, 4.69) is 26.6 Å². The third-order valence-corrected chi connectivity index (χ3v) is 6.14. The maximum Gasteiger partial charge on any atom is 0.321 e. The fourth-order valence-corrected chi connectivity index (χ4v) is 4.54. The molecule has 2 unspecified atom stereocenters. The lowest BCUT2D eigenvalue weighted by atomic mass is 9.67. The van der Waals surface area contributed by atoms with Gasteiger partial charge in [0.25, 0.3) is 0 Å². The van der Waals surface area contributed by atoms with Crippen LogP contribution in [0, 0.1) is 23.5 Å². The van der Waals surface area contributed by atoms with Crippen LogP contribution in [-0.4, -0.2) is 42.2 Å². The van der Waals surface area contributed by atoms with Crippen molar-refractivity contribution in [2.75, 3.05) is 31.5 Å². The molecule has 0 spiro atoms. The van der Waals surface area contributed by atoms with Crippen LogP contribution in [-0.2, 0) is 5.60 Å². The number of urea groups is 1. The standard InChI is InChI=1S/C20H20BrF2N3O2/c21-15-3-1-12(2-4-15)20(28)13-8-24-9-14(20)11-26(10-13)19(27)25-18-6-16(22)5-17(23)7-18/h1-7,13-14,24,28H,8-11H2,(H,25,27). The number of piperidine rings is 2. The second-order valence-corrected chi connectivity index (χ2v) is 8.29. The number of rotatable bonds is 2. The van der Waals surface area contributed by atoms with E-state index in [1.165, 1.54) is 0 Å². The second kappa shape index (κ2) is 7.42. The van der Waals surface area contributed by atoms with Gasteiger partial charge in [0.2, 0.25) is 0 Å². The average Bonchev–Trinajstić information content (AvgIpc) is 2.60. The van der Waals surface area contributed by atoms with Gasteiger partial charge in [-0.05, 0) is 29.8 Å². The highest BCUT2D eigenvalue weighted by Crippen LogP contribution is 2.43. The Morgan fingerprint density at radius 1 is 1.11 bits per heavy atom. The first-order chi connectivity index (χ1) is 13.4. The molecule has 5 nitrogen and oxygen atoms in total. The molecule has 0 aromatic heterocycles. The van der Waals surface area contributed by atoms with Crippen molar-refractivity contribution < 1.29 is 18.7 Å². The number of benzene rings is 2. The molecule has 0 radical (unpaired) electrons. The van der Waals surface area contributed by atoms with E-state index in [1.807, 2.05) is 24.3 Å². The number of carbonyl (C=O) groups excluding carboxylic acids is 1. The van der Waals surface area contributed by atoms with Gasteiger partial charge in [0, 0.05) is 54.2 Å². The first kappa shape index (κ1) is 19.3. The highest BCUT2D eigenvalue weighted by atomic mass is 79.9. The van der Waals surface area contributed by atoms with Gasteiger partial charge >= 0.3 is 6.03 Å². The molecule has 2 aromatic carbocycles. The van der Waals surface area contributed by atoms with Crippen LogP contribution in [0.3, 0.4) is 0 Å². The van der Waals surface area contributed by atoms with Crippen molar-refractivity contribution in [3.05, 3.63) is 64.1 Å². The predicted octanol–water partition coefficient (Wildman–Crippen LogP) is 3.30. The third kappa shape index (κ3) is 3.52. The van der Waals surface area contributed by atoms with E-state index in [-0.39, 0.29) is 17.5 Å². The van der Waals surface area contributed by atoms with Crippen molar-refractivity contribution >= 4 is 27.6 Å². The lowest BCUT2D eigenvalue weighted by molar-refractivity contribution is -0.129. The molecule has 3 N–H and O–H groups in total. The summed E-state index contributed by atoms with van der Waals surface area (Å²) in [5.74, 6) is -1.90. The molecule has 0 aliphatic carbocycles. The monoisotopic (exact) mass is 451 g/mol. The molecule has 8 heteroatoms. The molecule has 28 heavy (non-hydrogen) atoms. The molecule has 148 valence electrons. The van der Waals surface area contributed by atoms with E-state index in [4.69, 9.17) is 0 Å². The minimum atomic E-state index is -1.03. The van der Waals surface area contributed by atoms with Gasteiger partial charge in [-0.3, -0.25) is 0 Å². The molecule has 2 atom stereocenters. The number of hydrogen-bond acceptors (Lipinski definition) is 3. The van der Waals surface area contributed by atoms with E-state index in [1.54, 1.807) is 4.90 Å². The van der Waals surface area contributed by atoms with Gasteiger partial charge < -0.3 is 20.6 Å². The first-order valence-corrected chi connectivity index (χ1v) is 9.86. The van der Waals surface area contributed by atoms with Gasteiger partial charge in [0.15, 0.2) is 0 Å². The summed E-state index contributed by atoms with van der Waals surface area (Å²) < 4.78 is 27.7. The summed E-state index contributed by atoms with van der Waals surface area (Å²) in [6.07, 6.45) is 0. The Kier molecular flexibility index (Phi) is 5.11. The lowest BCUT2D eigenvalue weighted by Crippen LogP contribution is -2.65. The van der Waals surface area contributed by atoms with Gasteiger partial charge in [0.05, 0.1) is 0 Å². The number of fused-ring (bicyclic) bond motifs is 2. The van der Waals surface area contributed by atoms with Crippen LogP contribution < -0.4 is 10.6 Å². The summed E-state index contributed by atoms with van der Waals surface area (Å²) in [6, 6.07) is 10.1. The maximum atomic E-state index is 13.4. The Labute approximate surface area is 169 Å². The van der Waals surface area contributed by atoms with Gasteiger partial charge in [-0.15, -0.1) is 0 Å². The Morgan fingerprint density at radius 2 is 1.68 bits per heavy atom. The molecule has 2 amide bonds. The largest absolute Gasteiger partial charge is 0.384 e. The highest BCUT2D eigenvalue weighted by molar-refractivity contribution is 9.10. The smallest absolute Gasteiger partial charge is 0.321 e. The molecular formula is C20H20BrF2N3O2. The quantitative estimate of drug-likeness (QED) is 0.656. The van der Waals surface area contributed by atoms with Crippen LogP contribution in [0.25, 0.3) is 0 Å². The topological polar surface area (TPSA) is 64.6 Å². The van der Waals surface area contributed by atoms with E-state index >= 15 is 0 Å². The lowest BCUT2D eigenvalue weighted by Gasteiger charge is -2.53. The summed E-state index contributed by atoms with van der Waals surface area (Å²) in [6.45, 7) is 1.81. The number of hydrogen-bond donors (Lipinski definition) is 3. The number of likely N-dealkylation sites (tertiary alicyclic amines) is 1. The Hall–Kier alpha value is -2.03. The molecule has 2 saturated heterocycles. The van der Waals surface area contributed by atoms with E-state index < -0.39 is 23.3 Å². The number of carbonyl (C=O) groups is 1. The van der Waals surface area contributed by atoms with E-state index in [0.29, 0.717) is 26.2 Å². The average molecular weight is 452 g/mol. The molecule has 2 heterocycles. The molecule has 0 saturated carbocycles.